The molecule has 1 spiro atoms. The highest BCUT2D eigenvalue weighted by Gasteiger charge is 2.64. The van der Waals surface area contributed by atoms with Crippen molar-refractivity contribution in [3.05, 3.63) is 35.4 Å². The number of likely N-dealkylation sites (tertiary alicyclic amines) is 1. The largest absolute Gasteiger partial charge is 0.493 e. The summed E-state index contributed by atoms with van der Waals surface area (Å²) in [5.41, 5.74) is 0.688. The van der Waals surface area contributed by atoms with E-state index in [1.54, 1.807) is 12.1 Å². The number of benzene rings is 1. The number of aliphatic hydroxyl groups excluding tert-OH is 1. The molecule has 0 saturated carbocycles. The average Bonchev–Trinajstić information content (AvgIpc) is 2.84. The molecule has 4 aliphatic rings. The lowest BCUT2D eigenvalue weighted by molar-refractivity contribution is -0.0453. The van der Waals surface area contributed by atoms with Gasteiger partial charge >= 0.3 is 0 Å². The van der Waals surface area contributed by atoms with E-state index in [1.165, 1.54) is 6.07 Å². The summed E-state index contributed by atoms with van der Waals surface area (Å²) < 4.78 is 51.8. The summed E-state index contributed by atoms with van der Waals surface area (Å²) in [6, 6.07) is 2.36. The molecule has 1 N–H and O–H groups in total. The van der Waals surface area contributed by atoms with Crippen molar-refractivity contribution in [2.45, 2.75) is 36.5 Å². The van der Waals surface area contributed by atoms with E-state index in [4.69, 9.17) is 15.0 Å². The van der Waals surface area contributed by atoms with Crippen LogP contribution in [0, 0.1) is 5.92 Å². The van der Waals surface area contributed by atoms with E-state index in [9.17, 15) is 6.48 Å². The lowest BCUT2D eigenvalue weighted by Crippen LogP contribution is -2.64. The highest BCUT2D eigenvalue weighted by atomic mass is 16.5. The minimum atomic E-state index is -2.65. The fourth-order valence-corrected chi connectivity index (χ4v) is 4.81. The lowest BCUT2D eigenvalue weighted by atomic mass is 9.53. The Morgan fingerprint density at radius 1 is 1.50 bits per heavy atom. The van der Waals surface area contributed by atoms with Crippen LogP contribution < -0.4 is 9.47 Å². The summed E-state index contributed by atoms with van der Waals surface area (Å²) >= 11 is 0. The Kier molecular flexibility index (Phi) is 1.65. The van der Waals surface area contributed by atoms with E-state index in [1.807, 2.05) is 18.0 Å². The standard InChI is InChI=1S/C18H21NO3/c1-19-8-7-18-11-4-5-13(20)17(18)22-16-14(21-2)6-3-10(15(16)18)9-12(11)19/h3-6,11-13,17,20H,7-9H2,1-2H3/t11-,12+,13?,17?,18-/m0/s1/i2D3,12D,17D. The monoisotopic (exact) mass is 304 g/mol. The molecule has 1 saturated heterocycles. The molecule has 0 radical (unpaired) electrons. The summed E-state index contributed by atoms with van der Waals surface area (Å²) in [7, 11) is -0.732. The number of rotatable bonds is 1. The van der Waals surface area contributed by atoms with Gasteiger partial charge in [0.15, 0.2) is 11.5 Å². The number of hydrogen-bond acceptors (Lipinski definition) is 4. The second-order valence-corrected chi connectivity index (χ2v) is 6.61. The third-order valence-corrected chi connectivity index (χ3v) is 5.76. The molecule has 2 heterocycles. The van der Waals surface area contributed by atoms with Gasteiger partial charge in [0, 0.05) is 24.3 Å². The van der Waals surface area contributed by atoms with Crippen LogP contribution in [0.1, 0.15) is 24.4 Å². The quantitative estimate of drug-likeness (QED) is 0.799. The van der Waals surface area contributed by atoms with Crippen LogP contribution in [-0.2, 0) is 11.8 Å². The van der Waals surface area contributed by atoms with Gasteiger partial charge in [-0.3, -0.25) is 0 Å². The van der Waals surface area contributed by atoms with Gasteiger partial charge in [0.05, 0.1) is 12.5 Å². The average molecular weight is 304 g/mol. The zero-order chi connectivity index (χ0) is 19.4. The highest BCUT2D eigenvalue weighted by molar-refractivity contribution is 5.62. The van der Waals surface area contributed by atoms with Crippen LogP contribution in [0.15, 0.2) is 24.3 Å². The Labute approximate surface area is 137 Å². The molecule has 1 aromatic rings. The summed E-state index contributed by atoms with van der Waals surface area (Å²) in [6.07, 6.45) is 1.47. The Morgan fingerprint density at radius 3 is 3.27 bits per heavy atom. The smallest absolute Gasteiger partial charge is 0.165 e. The Morgan fingerprint density at radius 2 is 2.41 bits per heavy atom. The van der Waals surface area contributed by atoms with E-state index in [-0.39, 0.29) is 17.4 Å². The Bertz CT molecular complexity index is 873. The molecule has 0 amide bonds. The third kappa shape index (κ3) is 1.28. The molecule has 5 atom stereocenters. The normalized spacial score (nSPS) is 51.6. The fraction of sp³-hybridized carbons (Fsp3) is 0.556. The minimum Gasteiger partial charge on any atom is -0.493 e. The molecular formula is C18H21NO3. The number of nitrogens with zero attached hydrogens (tertiary/aromatic N) is 1. The van der Waals surface area contributed by atoms with Gasteiger partial charge in [0.2, 0.25) is 0 Å². The van der Waals surface area contributed by atoms with Crippen molar-refractivity contribution in [1.29, 1.82) is 0 Å². The molecule has 2 bridgehead atoms. The summed E-state index contributed by atoms with van der Waals surface area (Å²) in [5, 5.41) is 10.7. The molecule has 2 aliphatic carbocycles. The van der Waals surface area contributed by atoms with E-state index in [0.717, 1.165) is 11.1 Å². The van der Waals surface area contributed by atoms with Gasteiger partial charge in [-0.2, -0.15) is 0 Å². The second kappa shape index (κ2) is 4.06. The zero-order valence-electron chi connectivity index (χ0n) is 17.3. The van der Waals surface area contributed by atoms with Crippen molar-refractivity contribution < 1.29 is 21.4 Å². The Balaban J connectivity index is 1.81. The molecule has 2 aliphatic heterocycles. The molecule has 2 unspecified atom stereocenters. The highest BCUT2D eigenvalue weighted by Crippen LogP contribution is 2.62. The van der Waals surface area contributed by atoms with Crippen molar-refractivity contribution in [2.75, 3.05) is 20.6 Å². The number of aliphatic hydroxyl groups is 1. The SMILES string of the molecule is [2H]C([2H])([2H])Oc1ccc2c3c1OC1([2H])C(O)C=C[C@H]4[C@@]([2H])(C2)N(C)CC[C@@]341. The molecule has 1 aromatic carbocycles. The topological polar surface area (TPSA) is 41.9 Å². The van der Waals surface area contributed by atoms with Crippen molar-refractivity contribution in [3.63, 3.8) is 0 Å². The van der Waals surface area contributed by atoms with E-state index < -0.39 is 30.7 Å². The molecular weight excluding hydrogens is 278 g/mol. The lowest BCUT2D eigenvalue weighted by Gasteiger charge is -2.56. The number of likely N-dealkylation sites (N-methyl/N-ethyl adjacent to an activating group) is 1. The van der Waals surface area contributed by atoms with E-state index in [0.29, 0.717) is 19.4 Å². The van der Waals surface area contributed by atoms with Crippen molar-refractivity contribution in [2.24, 2.45) is 5.92 Å². The number of piperidine rings is 1. The van der Waals surface area contributed by atoms with Gasteiger partial charge in [-0.25, -0.2) is 0 Å². The first kappa shape index (κ1) is 8.94. The molecule has 116 valence electrons. The molecule has 22 heavy (non-hydrogen) atoms. The van der Waals surface area contributed by atoms with Gasteiger partial charge in [-0.05, 0) is 38.1 Å². The van der Waals surface area contributed by atoms with Gasteiger partial charge < -0.3 is 19.5 Å². The van der Waals surface area contributed by atoms with Crippen LogP contribution in [0.5, 0.6) is 11.5 Å². The van der Waals surface area contributed by atoms with Crippen molar-refractivity contribution in [3.8, 4) is 11.5 Å². The van der Waals surface area contributed by atoms with Gasteiger partial charge in [-0.1, -0.05) is 18.2 Å². The predicted octanol–water partition coefficient (Wildman–Crippen LogP) is 1.50. The molecule has 1 fully saturated rings. The second-order valence-electron chi connectivity index (χ2n) is 6.61. The number of methoxy groups -OCH3 is 1. The van der Waals surface area contributed by atoms with Crippen molar-refractivity contribution in [1.82, 2.24) is 4.90 Å². The first-order valence-electron chi connectivity index (χ1n) is 10.1. The maximum Gasteiger partial charge on any atom is 0.165 e. The van der Waals surface area contributed by atoms with E-state index in [2.05, 4.69) is 0 Å². The predicted molar refractivity (Wildman–Crippen MR) is 82.5 cm³/mol. The maximum atomic E-state index is 10.7. The fourth-order valence-electron chi connectivity index (χ4n) is 4.81. The summed E-state index contributed by atoms with van der Waals surface area (Å²) in [6.45, 7) is 0.591. The van der Waals surface area contributed by atoms with E-state index >= 15 is 0 Å². The minimum absolute atomic E-state index is 0.0616. The van der Waals surface area contributed by atoms with Crippen LogP contribution in [0.3, 0.4) is 0 Å². The van der Waals surface area contributed by atoms with Crippen LogP contribution in [0.25, 0.3) is 0 Å². The van der Waals surface area contributed by atoms with Crippen LogP contribution in [0.4, 0.5) is 0 Å². The maximum absolute atomic E-state index is 10.7. The van der Waals surface area contributed by atoms with Crippen LogP contribution >= 0.6 is 0 Å². The van der Waals surface area contributed by atoms with Crippen LogP contribution in [0.2, 0.25) is 0 Å². The first-order chi connectivity index (χ1) is 12.5. The third-order valence-electron chi connectivity index (χ3n) is 5.76. The zero-order valence-corrected chi connectivity index (χ0v) is 12.3. The van der Waals surface area contributed by atoms with Gasteiger partial charge in [-0.15, -0.1) is 0 Å². The van der Waals surface area contributed by atoms with Gasteiger partial charge in [0.1, 0.15) is 12.2 Å². The van der Waals surface area contributed by atoms with Crippen molar-refractivity contribution >= 4 is 0 Å². The first-order valence-corrected chi connectivity index (χ1v) is 7.65. The number of ether oxygens (including phenoxy) is 2. The molecule has 5 rings (SSSR count). The molecule has 4 heteroatoms. The summed E-state index contributed by atoms with van der Waals surface area (Å²) in [5.74, 6) is -0.0501. The molecule has 0 aromatic heterocycles. The Hall–Kier alpha value is -1.52. The molecule has 4 nitrogen and oxygen atoms in total. The summed E-state index contributed by atoms with van der Waals surface area (Å²) in [4.78, 5) is 2.00. The van der Waals surface area contributed by atoms with Crippen LogP contribution in [-0.4, -0.2) is 48.8 Å². The van der Waals surface area contributed by atoms with Gasteiger partial charge in [0.25, 0.3) is 0 Å². The number of hydrogen-bond donors (Lipinski definition) is 1.